The topological polar surface area (TPSA) is 79.0 Å². The van der Waals surface area contributed by atoms with E-state index in [0.29, 0.717) is 19.0 Å². The van der Waals surface area contributed by atoms with Gasteiger partial charge in [-0.15, -0.1) is 11.3 Å². The van der Waals surface area contributed by atoms with Gasteiger partial charge in [-0.05, 0) is 30.9 Å². The number of likely N-dealkylation sites (tertiary alicyclic amines) is 2. The first-order valence-electron chi connectivity index (χ1n) is 11.1. The number of rotatable bonds is 4. The molecule has 5 rings (SSSR count). The predicted molar refractivity (Wildman–Crippen MR) is 112 cm³/mol. The number of piperidine rings is 1. The first-order valence-corrected chi connectivity index (χ1v) is 11.9. The summed E-state index contributed by atoms with van der Waals surface area (Å²) in [6, 6.07) is 2.38. The zero-order valence-corrected chi connectivity index (χ0v) is 18.3. The molecule has 0 bridgehead atoms. The van der Waals surface area contributed by atoms with Crippen LogP contribution in [0.3, 0.4) is 0 Å². The summed E-state index contributed by atoms with van der Waals surface area (Å²) in [6.45, 7) is 7.42. The minimum absolute atomic E-state index is 0.00262. The van der Waals surface area contributed by atoms with Crippen LogP contribution < -0.4 is 5.32 Å². The normalized spacial score (nSPS) is 26.6. The smallest absolute Gasteiger partial charge is 0.239 e. The number of fused-ring (bicyclic) bond motifs is 2. The van der Waals surface area contributed by atoms with Crippen LogP contribution >= 0.6 is 11.3 Å². The fourth-order valence-electron chi connectivity index (χ4n) is 5.36. The molecule has 1 aromatic rings. The summed E-state index contributed by atoms with van der Waals surface area (Å²) in [5.41, 5.74) is 1.35. The highest BCUT2D eigenvalue weighted by Crippen LogP contribution is 2.44. The monoisotopic (exact) mass is 431 g/mol. The molecule has 162 valence electrons. The molecule has 3 saturated heterocycles. The van der Waals surface area contributed by atoms with Crippen molar-refractivity contribution in [2.45, 2.75) is 44.6 Å². The maximum Gasteiger partial charge on any atom is 0.239 e. The van der Waals surface area contributed by atoms with Crippen LogP contribution in [-0.2, 0) is 37.6 Å². The number of imide groups is 1. The molecular weight excluding hydrogens is 402 g/mol. The number of aryl methyl sites for hydroxylation is 1. The van der Waals surface area contributed by atoms with Crippen LogP contribution in [0.2, 0.25) is 0 Å². The fraction of sp³-hybridized carbons (Fsp3) is 0.682. The molecule has 3 fully saturated rings. The third kappa shape index (κ3) is 3.48. The third-order valence-corrected chi connectivity index (χ3v) is 8.46. The highest BCUT2D eigenvalue weighted by Gasteiger charge is 2.45. The van der Waals surface area contributed by atoms with Crippen molar-refractivity contribution in [2.75, 3.05) is 39.3 Å². The lowest BCUT2D eigenvalue weighted by atomic mass is 9.81. The van der Waals surface area contributed by atoms with Gasteiger partial charge in [-0.25, -0.2) is 0 Å². The number of carbonyl (C=O) groups excluding carboxylic acids is 3. The minimum Gasteiger partial charge on any atom is -0.370 e. The minimum atomic E-state index is -0.815. The van der Waals surface area contributed by atoms with Gasteiger partial charge in [0.2, 0.25) is 17.7 Å². The number of ether oxygens (including phenoxy) is 1. The van der Waals surface area contributed by atoms with Crippen molar-refractivity contribution in [1.82, 2.24) is 15.1 Å². The van der Waals surface area contributed by atoms with E-state index in [1.165, 1.54) is 15.3 Å². The molecular formula is C22H29N3O4S. The van der Waals surface area contributed by atoms with Crippen molar-refractivity contribution in [3.8, 4) is 0 Å². The van der Waals surface area contributed by atoms with E-state index in [-0.39, 0.29) is 23.8 Å². The van der Waals surface area contributed by atoms with Gasteiger partial charge >= 0.3 is 0 Å². The van der Waals surface area contributed by atoms with Crippen molar-refractivity contribution in [3.63, 3.8) is 0 Å². The van der Waals surface area contributed by atoms with E-state index in [4.69, 9.17) is 4.74 Å². The SMILES string of the molecule is CCc1cc2c(s1)CCOC21CCN(CC2CN(C(=O)C3CC(=O)NC3=O)C2)CC1. The van der Waals surface area contributed by atoms with Crippen LogP contribution in [0.25, 0.3) is 0 Å². The molecule has 1 N–H and O–H groups in total. The van der Waals surface area contributed by atoms with Gasteiger partial charge in [0.1, 0.15) is 5.92 Å². The van der Waals surface area contributed by atoms with Gasteiger partial charge in [0.25, 0.3) is 0 Å². The average molecular weight is 432 g/mol. The Morgan fingerprint density at radius 2 is 2.07 bits per heavy atom. The second-order valence-corrected chi connectivity index (χ2v) is 10.3. The number of hydrogen-bond donors (Lipinski definition) is 1. The lowest BCUT2D eigenvalue weighted by molar-refractivity contribution is -0.146. The van der Waals surface area contributed by atoms with Crippen molar-refractivity contribution in [1.29, 1.82) is 0 Å². The van der Waals surface area contributed by atoms with Gasteiger partial charge in [0, 0.05) is 61.2 Å². The Morgan fingerprint density at radius 3 is 2.73 bits per heavy atom. The molecule has 0 radical (unpaired) electrons. The highest BCUT2D eigenvalue weighted by molar-refractivity contribution is 7.12. The van der Waals surface area contributed by atoms with Gasteiger partial charge < -0.3 is 14.5 Å². The first kappa shape index (κ1) is 20.2. The van der Waals surface area contributed by atoms with E-state index in [2.05, 4.69) is 23.2 Å². The zero-order valence-electron chi connectivity index (χ0n) is 17.4. The number of carbonyl (C=O) groups is 3. The second kappa shape index (κ2) is 7.73. The van der Waals surface area contributed by atoms with E-state index in [1.54, 1.807) is 4.90 Å². The van der Waals surface area contributed by atoms with Crippen LogP contribution in [0, 0.1) is 11.8 Å². The van der Waals surface area contributed by atoms with Crippen LogP contribution in [0.15, 0.2) is 6.07 Å². The molecule has 0 aromatic carbocycles. The summed E-state index contributed by atoms with van der Waals surface area (Å²) in [5, 5.41) is 2.22. The number of thiophene rings is 1. The molecule has 30 heavy (non-hydrogen) atoms. The standard InChI is InChI=1S/C22H29N3O4S/c1-2-15-9-17-18(30-15)3-8-29-22(17)4-6-24(7-5-22)11-14-12-25(13-14)21(28)16-10-19(26)23-20(16)27/h9,14,16H,2-8,10-13H2,1H3,(H,23,26,27). The summed E-state index contributed by atoms with van der Waals surface area (Å²) in [7, 11) is 0. The molecule has 1 aromatic heterocycles. The van der Waals surface area contributed by atoms with Crippen LogP contribution in [0.4, 0.5) is 0 Å². The van der Waals surface area contributed by atoms with E-state index in [0.717, 1.165) is 51.9 Å². The summed E-state index contributed by atoms with van der Waals surface area (Å²) in [4.78, 5) is 42.7. The molecule has 1 atom stereocenters. The Bertz CT molecular complexity index is 868. The van der Waals surface area contributed by atoms with Crippen molar-refractivity contribution in [3.05, 3.63) is 21.4 Å². The van der Waals surface area contributed by atoms with Crippen molar-refractivity contribution < 1.29 is 19.1 Å². The number of amides is 3. The maximum atomic E-state index is 12.5. The van der Waals surface area contributed by atoms with E-state index in [1.807, 2.05) is 11.3 Å². The molecule has 8 heteroatoms. The van der Waals surface area contributed by atoms with Gasteiger partial charge in [0.15, 0.2) is 0 Å². The highest BCUT2D eigenvalue weighted by atomic mass is 32.1. The van der Waals surface area contributed by atoms with Crippen molar-refractivity contribution in [2.24, 2.45) is 11.8 Å². The van der Waals surface area contributed by atoms with Gasteiger partial charge in [-0.2, -0.15) is 0 Å². The van der Waals surface area contributed by atoms with E-state index < -0.39 is 11.8 Å². The van der Waals surface area contributed by atoms with Crippen molar-refractivity contribution >= 4 is 29.1 Å². The summed E-state index contributed by atoms with van der Waals surface area (Å²) >= 11 is 1.96. The van der Waals surface area contributed by atoms with Gasteiger partial charge in [0.05, 0.1) is 12.2 Å². The van der Waals surface area contributed by atoms with Gasteiger partial charge in [-0.1, -0.05) is 6.92 Å². The van der Waals surface area contributed by atoms with Crippen LogP contribution in [0.5, 0.6) is 0 Å². The maximum absolute atomic E-state index is 12.5. The quantitative estimate of drug-likeness (QED) is 0.574. The largest absolute Gasteiger partial charge is 0.370 e. The Labute approximate surface area is 180 Å². The molecule has 3 amide bonds. The van der Waals surface area contributed by atoms with Gasteiger partial charge in [-0.3, -0.25) is 19.7 Å². The molecule has 1 unspecified atom stereocenters. The molecule has 0 saturated carbocycles. The summed E-state index contributed by atoms with van der Waals surface area (Å²) in [6.07, 6.45) is 4.19. The predicted octanol–water partition coefficient (Wildman–Crippen LogP) is 1.30. The fourth-order valence-corrected chi connectivity index (χ4v) is 6.54. The van der Waals surface area contributed by atoms with E-state index >= 15 is 0 Å². The molecule has 7 nitrogen and oxygen atoms in total. The average Bonchev–Trinajstić information content (AvgIpc) is 3.29. The molecule has 4 aliphatic heterocycles. The summed E-state index contributed by atoms with van der Waals surface area (Å²) in [5.74, 6) is -1.35. The molecule has 4 aliphatic rings. The van der Waals surface area contributed by atoms with Crippen LogP contribution in [-0.4, -0.2) is 66.9 Å². The Balaban J connectivity index is 1.13. The Morgan fingerprint density at radius 1 is 1.30 bits per heavy atom. The molecule has 5 heterocycles. The molecule has 1 spiro atoms. The molecule has 0 aliphatic carbocycles. The number of hydrogen-bond acceptors (Lipinski definition) is 6. The Hall–Kier alpha value is -1.77. The number of nitrogens with zero attached hydrogens (tertiary/aromatic N) is 2. The lowest BCUT2D eigenvalue weighted by Crippen LogP contribution is -2.57. The van der Waals surface area contributed by atoms with Crippen LogP contribution in [0.1, 0.15) is 41.5 Å². The van der Waals surface area contributed by atoms with E-state index in [9.17, 15) is 14.4 Å². The summed E-state index contributed by atoms with van der Waals surface area (Å²) < 4.78 is 6.37. The lowest BCUT2D eigenvalue weighted by Gasteiger charge is -2.47. The third-order valence-electron chi connectivity index (χ3n) is 7.12. The Kier molecular flexibility index (Phi) is 5.19. The zero-order chi connectivity index (χ0) is 20.9. The first-order chi connectivity index (χ1) is 14.5. The number of nitrogens with one attached hydrogen (secondary N) is 1. The second-order valence-electron chi connectivity index (χ2n) is 9.07.